The molecule has 0 unspecified atom stereocenters. The number of hydrogen-bond donors (Lipinski definition) is 2. The molecule has 0 bridgehead atoms. The Morgan fingerprint density at radius 2 is 2.00 bits per heavy atom. The van der Waals surface area contributed by atoms with E-state index in [9.17, 15) is 9.90 Å². The summed E-state index contributed by atoms with van der Waals surface area (Å²) >= 11 is 1.60. The maximum Gasteiger partial charge on any atom is 0.415 e. The number of aliphatic hydroxyl groups excluding tert-OH is 2. The van der Waals surface area contributed by atoms with Crippen molar-refractivity contribution in [2.45, 2.75) is 32.5 Å². The molecule has 7 nitrogen and oxygen atoms in total. The van der Waals surface area contributed by atoms with Crippen LogP contribution in [-0.2, 0) is 4.74 Å². The summed E-state index contributed by atoms with van der Waals surface area (Å²) in [5, 5.41) is 19.4. The molecule has 3 aromatic rings. The zero-order chi connectivity index (χ0) is 21.9. The van der Waals surface area contributed by atoms with Crippen molar-refractivity contribution in [2.75, 3.05) is 25.2 Å². The van der Waals surface area contributed by atoms with Crippen LogP contribution in [0.1, 0.15) is 20.8 Å². The summed E-state index contributed by atoms with van der Waals surface area (Å²) in [5.74, 6) is 1.14. The van der Waals surface area contributed by atoms with E-state index >= 15 is 0 Å². The number of nitrogens with zero attached hydrogens (tertiary/aromatic N) is 2. The topological polar surface area (TPSA) is 92.1 Å². The van der Waals surface area contributed by atoms with E-state index in [1.165, 1.54) is 4.90 Å². The van der Waals surface area contributed by atoms with E-state index in [1.54, 1.807) is 30.6 Å². The van der Waals surface area contributed by atoms with Crippen LogP contribution in [0.15, 0.2) is 42.6 Å². The summed E-state index contributed by atoms with van der Waals surface area (Å²) in [6.07, 6.45) is 0.377. The molecule has 8 heteroatoms. The minimum Gasteiger partial charge on any atom is -0.491 e. The Kier molecular flexibility index (Phi) is 6.60. The number of aliphatic hydroxyl groups is 2. The number of pyridine rings is 1. The van der Waals surface area contributed by atoms with E-state index in [4.69, 9.17) is 14.6 Å². The number of rotatable bonds is 6. The Labute approximate surface area is 179 Å². The number of thiophene rings is 1. The van der Waals surface area contributed by atoms with Crippen LogP contribution in [0.2, 0.25) is 0 Å². The van der Waals surface area contributed by atoms with Gasteiger partial charge in [0, 0.05) is 28.4 Å². The van der Waals surface area contributed by atoms with Crippen molar-refractivity contribution in [3.05, 3.63) is 42.6 Å². The first kappa shape index (κ1) is 22.0. The van der Waals surface area contributed by atoms with Crippen molar-refractivity contribution >= 4 is 33.3 Å². The van der Waals surface area contributed by atoms with E-state index in [1.807, 2.05) is 45.0 Å². The van der Waals surface area contributed by atoms with Gasteiger partial charge in [-0.3, -0.25) is 4.90 Å². The van der Waals surface area contributed by atoms with Crippen LogP contribution in [0.25, 0.3) is 20.5 Å². The summed E-state index contributed by atoms with van der Waals surface area (Å²) in [4.78, 5) is 19.0. The largest absolute Gasteiger partial charge is 0.491 e. The Hall–Kier alpha value is -2.68. The average Bonchev–Trinajstić information content (AvgIpc) is 3.13. The second-order valence-electron chi connectivity index (χ2n) is 7.90. The Morgan fingerprint density at radius 3 is 2.63 bits per heavy atom. The number of carbonyl (C=O) groups is 1. The van der Waals surface area contributed by atoms with Gasteiger partial charge in [-0.1, -0.05) is 0 Å². The van der Waals surface area contributed by atoms with Crippen molar-refractivity contribution in [1.82, 2.24) is 4.98 Å². The molecule has 0 saturated heterocycles. The SMILES string of the molecule is CN(C(=O)OC(C)(C)C)c1ccc(-c2cc3ccc(OC[C@@H](O)CO)cc3s2)cn1. The molecule has 30 heavy (non-hydrogen) atoms. The summed E-state index contributed by atoms with van der Waals surface area (Å²) in [6, 6.07) is 11.5. The van der Waals surface area contributed by atoms with Crippen molar-refractivity contribution < 1.29 is 24.5 Å². The molecule has 1 aromatic carbocycles. The zero-order valence-electron chi connectivity index (χ0n) is 17.5. The number of fused-ring (bicyclic) bond motifs is 1. The van der Waals surface area contributed by atoms with Crippen molar-refractivity contribution in [3.8, 4) is 16.2 Å². The Bertz CT molecular complexity index is 1010. The number of amides is 1. The molecule has 1 amide bonds. The fraction of sp³-hybridized carbons (Fsp3) is 0.364. The lowest BCUT2D eigenvalue weighted by molar-refractivity contribution is 0.0536. The van der Waals surface area contributed by atoms with Crippen molar-refractivity contribution in [1.29, 1.82) is 0 Å². The molecule has 0 radical (unpaired) electrons. The molecule has 1 atom stereocenters. The Balaban J connectivity index is 1.75. The lowest BCUT2D eigenvalue weighted by atomic mass is 10.2. The van der Waals surface area contributed by atoms with Gasteiger partial charge >= 0.3 is 6.09 Å². The lowest BCUT2D eigenvalue weighted by Crippen LogP contribution is -2.34. The highest BCUT2D eigenvalue weighted by atomic mass is 32.1. The molecule has 2 aromatic heterocycles. The number of hydrogen-bond acceptors (Lipinski definition) is 7. The van der Waals surface area contributed by atoms with Crippen LogP contribution >= 0.6 is 11.3 Å². The van der Waals surface area contributed by atoms with Crippen LogP contribution in [0.4, 0.5) is 10.6 Å². The van der Waals surface area contributed by atoms with Crippen LogP contribution < -0.4 is 9.64 Å². The zero-order valence-corrected chi connectivity index (χ0v) is 18.3. The van der Waals surface area contributed by atoms with Gasteiger partial charge in [0.25, 0.3) is 0 Å². The first-order valence-corrected chi connectivity index (χ1v) is 10.4. The number of carbonyl (C=O) groups excluding carboxylic acids is 1. The molecule has 2 N–H and O–H groups in total. The third kappa shape index (κ3) is 5.47. The molecule has 2 heterocycles. The molecule has 0 aliphatic heterocycles. The van der Waals surface area contributed by atoms with Crippen molar-refractivity contribution in [3.63, 3.8) is 0 Å². The quantitative estimate of drug-likeness (QED) is 0.613. The highest BCUT2D eigenvalue weighted by Crippen LogP contribution is 2.35. The van der Waals surface area contributed by atoms with Gasteiger partial charge in [-0.15, -0.1) is 11.3 Å². The van der Waals surface area contributed by atoms with Crippen LogP contribution in [-0.4, -0.2) is 53.3 Å². The van der Waals surface area contributed by atoms with Gasteiger partial charge in [0.2, 0.25) is 0 Å². The first-order chi connectivity index (χ1) is 14.2. The summed E-state index contributed by atoms with van der Waals surface area (Å²) in [6.45, 7) is 5.17. The molecule has 3 rings (SSSR count). The summed E-state index contributed by atoms with van der Waals surface area (Å²) in [5.41, 5.74) is 0.372. The smallest absolute Gasteiger partial charge is 0.415 e. The van der Waals surface area contributed by atoms with Gasteiger partial charge in [0.05, 0.1) is 6.61 Å². The van der Waals surface area contributed by atoms with Crippen LogP contribution in [0.5, 0.6) is 5.75 Å². The van der Waals surface area contributed by atoms with Gasteiger partial charge in [0.1, 0.15) is 29.9 Å². The second kappa shape index (κ2) is 8.99. The molecular weight excluding hydrogens is 404 g/mol. The van der Waals surface area contributed by atoms with E-state index < -0.39 is 17.8 Å². The highest BCUT2D eigenvalue weighted by Gasteiger charge is 2.21. The van der Waals surface area contributed by atoms with Crippen molar-refractivity contribution in [2.24, 2.45) is 0 Å². The van der Waals surface area contributed by atoms with E-state index in [-0.39, 0.29) is 13.2 Å². The second-order valence-corrected chi connectivity index (χ2v) is 8.99. The predicted molar refractivity (Wildman–Crippen MR) is 118 cm³/mol. The summed E-state index contributed by atoms with van der Waals surface area (Å²) < 4.78 is 11.9. The standard InChI is InChI=1S/C22H26N2O5S/c1-22(2,3)29-21(27)24(4)20-8-6-15(11-23-20)18-9-14-5-7-17(10-19(14)30-18)28-13-16(26)12-25/h5-11,16,25-26H,12-13H2,1-4H3/t16-/m0/s1. The van der Waals surface area contributed by atoms with Gasteiger partial charge in [-0.05, 0) is 62.6 Å². The molecule has 0 aliphatic carbocycles. The van der Waals surface area contributed by atoms with Gasteiger partial charge in [-0.2, -0.15) is 0 Å². The van der Waals surface area contributed by atoms with Crippen LogP contribution in [0.3, 0.4) is 0 Å². The molecule has 0 aliphatic rings. The fourth-order valence-corrected chi connectivity index (χ4v) is 3.72. The Morgan fingerprint density at radius 1 is 1.23 bits per heavy atom. The molecule has 0 saturated carbocycles. The molecule has 0 spiro atoms. The number of aromatic nitrogens is 1. The third-order valence-corrected chi connectivity index (χ3v) is 5.34. The molecule has 0 fully saturated rings. The monoisotopic (exact) mass is 430 g/mol. The third-order valence-electron chi connectivity index (χ3n) is 4.19. The predicted octanol–water partition coefficient (Wildman–Crippen LogP) is 4.07. The highest BCUT2D eigenvalue weighted by molar-refractivity contribution is 7.22. The number of benzene rings is 1. The van der Waals surface area contributed by atoms with E-state index in [0.29, 0.717) is 11.6 Å². The molecule has 160 valence electrons. The average molecular weight is 431 g/mol. The van der Waals surface area contributed by atoms with E-state index in [2.05, 4.69) is 11.1 Å². The maximum atomic E-state index is 12.2. The lowest BCUT2D eigenvalue weighted by Gasteiger charge is -2.24. The summed E-state index contributed by atoms with van der Waals surface area (Å²) in [7, 11) is 1.63. The minimum atomic E-state index is -0.900. The number of anilines is 1. The molecular formula is C22H26N2O5S. The van der Waals surface area contributed by atoms with Crippen LogP contribution in [0, 0.1) is 0 Å². The van der Waals surface area contributed by atoms with Gasteiger partial charge < -0.3 is 19.7 Å². The number of ether oxygens (including phenoxy) is 2. The first-order valence-electron chi connectivity index (χ1n) is 9.55. The fourth-order valence-electron chi connectivity index (χ4n) is 2.64. The minimum absolute atomic E-state index is 0.0385. The normalized spacial score (nSPS) is 12.6. The maximum absolute atomic E-state index is 12.2. The van der Waals surface area contributed by atoms with Gasteiger partial charge in [-0.25, -0.2) is 9.78 Å². The van der Waals surface area contributed by atoms with E-state index in [0.717, 1.165) is 20.5 Å². The van der Waals surface area contributed by atoms with Gasteiger partial charge in [0.15, 0.2) is 0 Å².